The molecule has 120 valence electrons. The molecule has 0 rings (SSSR count). The molecule has 1 atom stereocenters. The monoisotopic (exact) mass is 322 g/mol. The summed E-state index contributed by atoms with van der Waals surface area (Å²) in [5, 5.41) is 10.1. The van der Waals surface area contributed by atoms with Crippen LogP contribution >= 0.6 is 0 Å². The molecule has 0 aliphatic heterocycles. The maximum atomic E-state index is 13.2. The predicted molar refractivity (Wildman–Crippen MR) is 66.7 cm³/mol. The Bertz CT molecular complexity index is 281. The number of carboxylic acid groups (broad SMARTS) is 1. The maximum absolute atomic E-state index is 13.2. The maximum Gasteiger partial charge on any atom is 1.00 e. The average Bonchev–Trinajstić information content (AvgIpc) is 2.29. The minimum atomic E-state index is -4.79. The van der Waals surface area contributed by atoms with E-state index in [0.29, 0.717) is 19.8 Å². The Kier molecular flexibility index (Phi) is 13.1. The van der Waals surface area contributed by atoms with Crippen molar-refractivity contribution in [1.29, 1.82) is 0 Å². The molecule has 0 aliphatic rings. The first-order valence-electron chi connectivity index (χ1n) is 7.12. The van der Waals surface area contributed by atoms with Gasteiger partial charge in [-0.2, -0.15) is 13.2 Å². The van der Waals surface area contributed by atoms with Crippen LogP contribution in [0.25, 0.3) is 0 Å². The fourth-order valence-corrected chi connectivity index (χ4v) is 1.93. The fourth-order valence-electron chi connectivity index (χ4n) is 1.93. The topological polar surface area (TPSA) is 40.1 Å². The third kappa shape index (κ3) is 12.4. The van der Waals surface area contributed by atoms with Crippen molar-refractivity contribution in [2.24, 2.45) is 0 Å². The molecule has 0 bridgehead atoms. The Balaban J connectivity index is 0. The fraction of sp³-hybridized carbons (Fsp3) is 0.929. The SMILES string of the molecule is CC(F)(CCCCCCCCCCC(=O)[O-])C(F)(F)F.[Na+]. The summed E-state index contributed by atoms with van der Waals surface area (Å²) in [6.07, 6.45) is 0.579. The molecule has 0 aromatic rings. The largest absolute Gasteiger partial charge is 1.00 e. The Morgan fingerprint density at radius 3 is 1.62 bits per heavy atom. The molecule has 0 heterocycles. The summed E-state index contributed by atoms with van der Waals surface area (Å²) in [6.45, 7) is 0.588. The molecule has 0 saturated heterocycles. The molecule has 0 aliphatic carbocycles. The molecule has 2 nitrogen and oxygen atoms in total. The first-order valence-corrected chi connectivity index (χ1v) is 7.12. The third-order valence-electron chi connectivity index (χ3n) is 3.37. The minimum absolute atomic E-state index is 0. The summed E-state index contributed by atoms with van der Waals surface area (Å²) in [6, 6.07) is 0. The standard InChI is InChI=1S/C14H24F4O2.Na/c1-13(15,14(16,17)18)11-9-7-5-3-2-4-6-8-10-12(19)20;/h2-11H2,1H3,(H,19,20);/q;+1/p-1. The van der Waals surface area contributed by atoms with Gasteiger partial charge in [-0.15, -0.1) is 0 Å². The van der Waals surface area contributed by atoms with Gasteiger partial charge in [0.15, 0.2) is 0 Å². The number of halogens is 4. The molecule has 0 saturated carbocycles. The van der Waals surface area contributed by atoms with E-state index in [2.05, 4.69) is 0 Å². The van der Waals surface area contributed by atoms with Gasteiger partial charge in [-0.1, -0.05) is 38.5 Å². The summed E-state index contributed by atoms with van der Waals surface area (Å²) < 4.78 is 49.9. The molecule has 0 spiro atoms. The molecule has 21 heavy (non-hydrogen) atoms. The summed E-state index contributed by atoms with van der Waals surface area (Å²) in [4.78, 5) is 10.1. The van der Waals surface area contributed by atoms with E-state index in [1.54, 1.807) is 0 Å². The molecule has 0 radical (unpaired) electrons. The number of aliphatic carboxylic acids is 1. The van der Waals surface area contributed by atoms with Crippen LogP contribution in [0.4, 0.5) is 17.6 Å². The Morgan fingerprint density at radius 1 is 0.857 bits per heavy atom. The Morgan fingerprint density at radius 2 is 1.24 bits per heavy atom. The molecule has 0 aromatic heterocycles. The van der Waals surface area contributed by atoms with Crippen molar-refractivity contribution in [3.05, 3.63) is 0 Å². The van der Waals surface area contributed by atoms with E-state index in [9.17, 15) is 27.5 Å². The van der Waals surface area contributed by atoms with Gasteiger partial charge in [-0.3, -0.25) is 0 Å². The van der Waals surface area contributed by atoms with Crippen LogP contribution < -0.4 is 34.7 Å². The van der Waals surface area contributed by atoms with Crippen LogP contribution in [0, 0.1) is 0 Å². The Labute approximate surface area is 146 Å². The van der Waals surface area contributed by atoms with Gasteiger partial charge in [0.2, 0.25) is 5.67 Å². The van der Waals surface area contributed by atoms with Crippen LogP contribution in [0.5, 0.6) is 0 Å². The van der Waals surface area contributed by atoms with Gasteiger partial charge in [-0.25, -0.2) is 4.39 Å². The van der Waals surface area contributed by atoms with Gasteiger partial charge in [-0.05, 0) is 32.6 Å². The van der Waals surface area contributed by atoms with Crippen LogP contribution in [0.15, 0.2) is 0 Å². The van der Waals surface area contributed by atoms with E-state index in [1.165, 1.54) is 0 Å². The normalized spacial score (nSPS) is 14.3. The van der Waals surface area contributed by atoms with E-state index in [4.69, 9.17) is 0 Å². The second-order valence-corrected chi connectivity index (χ2v) is 5.40. The molecular formula is C14H23F4NaO2. The molecular weight excluding hydrogens is 299 g/mol. The van der Waals surface area contributed by atoms with Gasteiger partial charge in [0.05, 0.1) is 0 Å². The van der Waals surface area contributed by atoms with Gasteiger partial charge in [0.25, 0.3) is 0 Å². The molecule has 0 aromatic carbocycles. The number of hydrogen-bond acceptors (Lipinski definition) is 2. The predicted octanol–water partition coefficient (Wildman–Crippen LogP) is 0.932. The number of carbonyl (C=O) groups excluding carboxylic acids is 1. The van der Waals surface area contributed by atoms with E-state index >= 15 is 0 Å². The summed E-state index contributed by atoms with van der Waals surface area (Å²) in [5.74, 6) is -1.04. The van der Waals surface area contributed by atoms with Crippen molar-refractivity contribution in [3.63, 3.8) is 0 Å². The van der Waals surface area contributed by atoms with E-state index < -0.39 is 24.2 Å². The van der Waals surface area contributed by atoms with Crippen LogP contribution in [-0.2, 0) is 4.79 Å². The van der Waals surface area contributed by atoms with Crippen molar-refractivity contribution in [1.82, 2.24) is 0 Å². The number of unbranched alkanes of at least 4 members (excludes halogenated alkanes) is 7. The van der Waals surface area contributed by atoms with Crippen molar-refractivity contribution < 1.29 is 57.0 Å². The Hall–Kier alpha value is 0.190. The van der Waals surface area contributed by atoms with Crippen molar-refractivity contribution in [2.75, 3.05) is 0 Å². The molecule has 7 heteroatoms. The molecule has 0 amide bonds. The zero-order valence-electron chi connectivity index (χ0n) is 12.9. The van der Waals surface area contributed by atoms with E-state index in [0.717, 1.165) is 32.1 Å². The third-order valence-corrected chi connectivity index (χ3v) is 3.37. The zero-order chi connectivity index (χ0) is 15.6. The number of rotatable bonds is 11. The molecule has 0 N–H and O–H groups in total. The van der Waals surface area contributed by atoms with Crippen molar-refractivity contribution in [3.8, 4) is 0 Å². The second kappa shape index (κ2) is 11.7. The second-order valence-electron chi connectivity index (χ2n) is 5.40. The van der Waals surface area contributed by atoms with Crippen molar-refractivity contribution >= 4 is 5.97 Å². The van der Waals surface area contributed by atoms with Crippen molar-refractivity contribution in [2.45, 2.75) is 83.0 Å². The molecule has 0 fully saturated rings. The smallest absolute Gasteiger partial charge is 0.550 e. The summed E-state index contributed by atoms with van der Waals surface area (Å²) in [7, 11) is 0. The van der Waals surface area contributed by atoms with Crippen LogP contribution in [0.3, 0.4) is 0 Å². The molecule has 1 unspecified atom stereocenters. The van der Waals surface area contributed by atoms with Gasteiger partial charge in [0, 0.05) is 5.97 Å². The van der Waals surface area contributed by atoms with Crippen LogP contribution in [0.2, 0.25) is 0 Å². The summed E-state index contributed by atoms with van der Waals surface area (Å²) in [5.41, 5.74) is -3.09. The number of hydrogen-bond donors (Lipinski definition) is 0. The van der Waals surface area contributed by atoms with Gasteiger partial charge >= 0.3 is 35.7 Å². The first-order chi connectivity index (χ1) is 9.17. The van der Waals surface area contributed by atoms with Crippen LogP contribution in [-0.4, -0.2) is 17.8 Å². The first kappa shape index (κ1) is 23.5. The number of carbonyl (C=O) groups is 1. The van der Waals surface area contributed by atoms with Crippen LogP contribution in [0.1, 0.15) is 71.1 Å². The zero-order valence-corrected chi connectivity index (χ0v) is 14.9. The quantitative estimate of drug-likeness (QED) is 0.323. The number of carboxylic acids is 1. The van der Waals surface area contributed by atoms with E-state index in [1.807, 2.05) is 0 Å². The van der Waals surface area contributed by atoms with Gasteiger partial charge in [0.1, 0.15) is 0 Å². The summed E-state index contributed by atoms with van der Waals surface area (Å²) >= 11 is 0. The number of alkyl halides is 4. The average molecular weight is 322 g/mol. The van der Waals surface area contributed by atoms with E-state index in [-0.39, 0.29) is 42.4 Å². The minimum Gasteiger partial charge on any atom is -0.550 e. The van der Waals surface area contributed by atoms with Gasteiger partial charge < -0.3 is 9.90 Å².